The summed E-state index contributed by atoms with van der Waals surface area (Å²) in [5.74, 6) is 2.86. The van der Waals surface area contributed by atoms with Gasteiger partial charge < -0.3 is 14.5 Å². The zero-order valence-electron chi connectivity index (χ0n) is 11.6. The molecule has 0 aliphatic heterocycles. The fraction of sp³-hybridized carbons (Fsp3) is 0.375. The number of ether oxygens (including phenoxy) is 1. The molecule has 1 aromatic carbocycles. The number of hydrogen-bond donors (Lipinski definition) is 1. The van der Waals surface area contributed by atoms with Gasteiger partial charge in [-0.3, -0.25) is 0 Å². The SMILES string of the molecule is CCCOc1ccccc1NCc1ccc(CC)o1. The van der Waals surface area contributed by atoms with Crippen molar-refractivity contribution in [3.63, 3.8) is 0 Å². The van der Waals surface area contributed by atoms with Crippen LogP contribution in [0, 0.1) is 0 Å². The second-order valence-corrected chi connectivity index (χ2v) is 4.42. The molecule has 0 unspecified atom stereocenters. The van der Waals surface area contributed by atoms with Crippen molar-refractivity contribution in [3.8, 4) is 5.75 Å². The van der Waals surface area contributed by atoms with Crippen molar-refractivity contribution in [2.24, 2.45) is 0 Å². The molecule has 1 aromatic heterocycles. The first-order chi connectivity index (χ1) is 9.33. The summed E-state index contributed by atoms with van der Waals surface area (Å²) in [6.07, 6.45) is 1.93. The zero-order chi connectivity index (χ0) is 13.5. The minimum atomic E-state index is 0.673. The molecule has 2 aromatic rings. The fourth-order valence-corrected chi connectivity index (χ4v) is 1.84. The maximum atomic E-state index is 5.71. The largest absolute Gasteiger partial charge is 0.491 e. The van der Waals surface area contributed by atoms with Gasteiger partial charge in [-0.1, -0.05) is 26.0 Å². The maximum absolute atomic E-state index is 5.71. The fourth-order valence-electron chi connectivity index (χ4n) is 1.84. The molecular formula is C16H21NO2. The van der Waals surface area contributed by atoms with Crippen molar-refractivity contribution in [2.75, 3.05) is 11.9 Å². The summed E-state index contributed by atoms with van der Waals surface area (Å²) in [5.41, 5.74) is 1.00. The van der Waals surface area contributed by atoms with Gasteiger partial charge in [-0.25, -0.2) is 0 Å². The minimum absolute atomic E-state index is 0.673. The lowest BCUT2D eigenvalue weighted by atomic mass is 10.3. The molecule has 0 atom stereocenters. The highest BCUT2D eigenvalue weighted by atomic mass is 16.5. The number of anilines is 1. The number of hydrogen-bond acceptors (Lipinski definition) is 3. The number of nitrogens with one attached hydrogen (secondary N) is 1. The maximum Gasteiger partial charge on any atom is 0.142 e. The van der Waals surface area contributed by atoms with Crippen LogP contribution in [0.4, 0.5) is 5.69 Å². The number of rotatable bonds is 7. The van der Waals surface area contributed by atoms with Crippen LogP contribution in [-0.2, 0) is 13.0 Å². The Morgan fingerprint density at radius 2 is 1.84 bits per heavy atom. The van der Waals surface area contributed by atoms with E-state index in [1.54, 1.807) is 0 Å². The topological polar surface area (TPSA) is 34.4 Å². The van der Waals surface area contributed by atoms with Crippen LogP contribution in [0.25, 0.3) is 0 Å². The van der Waals surface area contributed by atoms with E-state index in [1.165, 1.54) is 0 Å². The molecule has 2 rings (SSSR count). The van der Waals surface area contributed by atoms with Gasteiger partial charge >= 0.3 is 0 Å². The van der Waals surface area contributed by atoms with E-state index in [0.717, 1.165) is 42.4 Å². The normalized spacial score (nSPS) is 10.4. The first-order valence-electron chi connectivity index (χ1n) is 6.86. The van der Waals surface area contributed by atoms with Crippen molar-refractivity contribution in [3.05, 3.63) is 47.9 Å². The molecule has 0 spiro atoms. The highest BCUT2D eigenvalue weighted by Gasteiger charge is 2.04. The summed E-state index contributed by atoms with van der Waals surface area (Å²) < 4.78 is 11.4. The molecule has 1 heterocycles. The molecular weight excluding hydrogens is 238 g/mol. The van der Waals surface area contributed by atoms with Gasteiger partial charge in [0.2, 0.25) is 0 Å². The standard InChI is InChI=1S/C16H21NO2/c1-3-11-18-16-8-6-5-7-15(16)17-12-14-10-9-13(4-2)19-14/h5-10,17H,3-4,11-12H2,1-2H3. The first kappa shape index (κ1) is 13.5. The molecule has 19 heavy (non-hydrogen) atoms. The molecule has 102 valence electrons. The molecule has 0 fully saturated rings. The Balaban J connectivity index is 1.98. The molecule has 0 aliphatic carbocycles. The van der Waals surface area contributed by atoms with E-state index in [4.69, 9.17) is 9.15 Å². The highest BCUT2D eigenvalue weighted by Crippen LogP contribution is 2.24. The van der Waals surface area contributed by atoms with Crippen molar-refractivity contribution in [2.45, 2.75) is 33.2 Å². The number of para-hydroxylation sites is 2. The predicted molar refractivity (Wildman–Crippen MR) is 77.6 cm³/mol. The molecule has 0 aliphatic rings. The highest BCUT2D eigenvalue weighted by molar-refractivity contribution is 5.56. The molecule has 1 N–H and O–H groups in total. The minimum Gasteiger partial charge on any atom is -0.491 e. The lowest BCUT2D eigenvalue weighted by molar-refractivity contribution is 0.318. The van der Waals surface area contributed by atoms with Gasteiger partial charge in [0.15, 0.2) is 0 Å². The summed E-state index contributed by atoms with van der Waals surface area (Å²) >= 11 is 0. The summed E-state index contributed by atoms with van der Waals surface area (Å²) in [4.78, 5) is 0. The molecule has 3 nitrogen and oxygen atoms in total. The van der Waals surface area contributed by atoms with Gasteiger partial charge in [0.25, 0.3) is 0 Å². The monoisotopic (exact) mass is 259 g/mol. The van der Waals surface area contributed by atoms with E-state index in [9.17, 15) is 0 Å². The van der Waals surface area contributed by atoms with E-state index in [-0.39, 0.29) is 0 Å². The smallest absolute Gasteiger partial charge is 0.142 e. The van der Waals surface area contributed by atoms with Crippen molar-refractivity contribution in [1.82, 2.24) is 0 Å². The average Bonchev–Trinajstić information content (AvgIpc) is 2.91. The van der Waals surface area contributed by atoms with E-state index < -0.39 is 0 Å². The average molecular weight is 259 g/mol. The van der Waals surface area contributed by atoms with Gasteiger partial charge in [-0.2, -0.15) is 0 Å². The second kappa shape index (κ2) is 6.88. The zero-order valence-corrected chi connectivity index (χ0v) is 11.6. The Kier molecular flexibility index (Phi) is 4.90. The van der Waals surface area contributed by atoms with Crippen LogP contribution in [0.5, 0.6) is 5.75 Å². The van der Waals surface area contributed by atoms with Gasteiger partial charge in [0, 0.05) is 6.42 Å². The Morgan fingerprint density at radius 1 is 1.05 bits per heavy atom. The van der Waals surface area contributed by atoms with Crippen LogP contribution in [0.1, 0.15) is 31.8 Å². The predicted octanol–water partition coefficient (Wildman–Crippen LogP) is 4.24. The number of benzene rings is 1. The Hall–Kier alpha value is -1.90. The van der Waals surface area contributed by atoms with Crippen LogP contribution in [0.2, 0.25) is 0 Å². The second-order valence-electron chi connectivity index (χ2n) is 4.42. The molecule has 0 amide bonds. The lowest BCUT2D eigenvalue weighted by Crippen LogP contribution is -2.02. The molecule has 0 saturated carbocycles. The Bertz CT molecular complexity index is 505. The van der Waals surface area contributed by atoms with E-state index in [1.807, 2.05) is 36.4 Å². The Morgan fingerprint density at radius 3 is 2.58 bits per heavy atom. The van der Waals surface area contributed by atoms with Crippen LogP contribution < -0.4 is 10.1 Å². The third-order valence-corrected chi connectivity index (χ3v) is 2.87. The summed E-state index contributed by atoms with van der Waals surface area (Å²) in [5, 5.41) is 3.36. The molecule has 0 saturated heterocycles. The first-order valence-corrected chi connectivity index (χ1v) is 6.86. The summed E-state index contributed by atoms with van der Waals surface area (Å²) in [7, 11) is 0. The van der Waals surface area contributed by atoms with Gasteiger partial charge in [0.1, 0.15) is 17.3 Å². The van der Waals surface area contributed by atoms with E-state index >= 15 is 0 Å². The number of furan rings is 1. The van der Waals surface area contributed by atoms with Crippen LogP contribution in [0.15, 0.2) is 40.8 Å². The lowest BCUT2D eigenvalue weighted by Gasteiger charge is -2.11. The van der Waals surface area contributed by atoms with Crippen molar-refractivity contribution >= 4 is 5.69 Å². The molecule has 0 bridgehead atoms. The van der Waals surface area contributed by atoms with Crippen LogP contribution in [0.3, 0.4) is 0 Å². The molecule has 3 heteroatoms. The summed E-state index contributed by atoms with van der Waals surface area (Å²) in [6, 6.07) is 12.0. The Labute approximate surface area is 114 Å². The molecule has 0 radical (unpaired) electrons. The third-order valence-electron chi connectivity index (χ3n) is 2.87. The van der Waals surface area contributed by atoms with Crippen molar-refractivity contribution in [1.29, 1.82) is 0 Å². The number of aryl methyl sites for hydroxylation is 1. The van der Waals surface area contributed by atoms with E-state index in [2.05, 4.69) is 19.2 Å². The summed E-state index contributed by atoms with van der Waals surface area (Å²) in [6.45, 7) is 5.60. The quantitative estimate of drug-likeness (QED) is 0.807. The van der Waals surface area contributed by atoms with Crippen molar-refractivity contribution < 1.29 is 9.15 Å². The van der Waals surface area contributed by atoms with Gasteiger partial charge in [-0.05, 0) is 30.7 Å². The van der Waals surface area contributed by atoms with Crippen LogP contribution >= 0.6 is 0 Å². The van der Waals surface area contributed by atoms with Crippen LogP contribution in [-0.4, -0.2) is 6.61 Å². The van der Waals surface area contributed by atoms with Gasteiger partial charge in [-0.15, -0.1) is 0 Å². The third kappa shape index (κ3) is 3.78. The van der Waals surface area contributed by atoms with E-state index in [0.29, 0.717) is 6.54 Å². The van der Waals surface area contributed by atoms with Gasteiger partial charge in [0.05, 0.1) is 18.8 Å².